The Labute approximate surface area is 168 Å². The zero-order valence-electron chi connectivity index (χ0n) is 16.6. The van der Waals surface area contributed by atoms with Crippen LogP contribution in [0.4, 0.5) is 0 Å². The lowest BCUT2D eigenvalue weighted by Gasteiger charge is -2.14. The van der Waals surface area contributed by atoms with Crippen molar-refractivity contribution in [3.05, 3.63) is 47.5 Å². The highest BCUT2D eigenvalue weighted by atomic mass is 32.2. The Bertz CT molecular complexity index is 585. The summed E-state index contributed by atoms with van der Waals surface area (Å²) in [6.07, 6.45) is 11.3. The average Bonchev–Trinajstić information content (AvgIpc) is 3.02. The van der Waals surface area contributed by atoms with E-state index in [1.54, 1.807) is 7.11 Å². The quantitative estimate of drug-likeness (QED) is 0.388. The number of hydrogen-bond acceptors (Lipinski definition) is 4. The van der Waals surface area contributed by atoms with Gasteiger partial charge in [0.1, 0.15) is 5.78 Å². The summed E-state index contributed by atoms with van der Waals surface area (Å²) in [7, 11) is 1.72. The van der Waals surface area contributed by atoms with Crippen LogP contribution in [0.3, 0.4) is 0 Å². The summed E-state index contributed by atoms with van der Waals surface area (Å²) in [4.78, 5) is 12.2. The van der Waals surface area contributed by atoms with E-state index in [2.05, 4.69) is 36.4 Å². The van der Waals surface area contributed by atoms with Crippen molar-refractivity contribution >= 4 is 17.5 Å². The summed E-state index contributed by atoms with van der Waals surface area (Å²) in [6, 6.07) is 8.58. The van der Waals surface area contributed by atoms with E-state index in [4.69, 9.17) is 9.84 Å². The molecule has 0 unspecified atom stereocenters. The van der Waals surface area contributed by atoms with Crippen molar-refractivity contribution in [2.45, 2.75) is 51.6 Å². The molecule has 0 radical (unpaired) electrons. The first-order valence-corrected chi connectivity index (χ1v) is 11.3. The number of benzene rings is 1. The second kappa shape index (κ2) is 13.1. The zero-order valence-corrected chi connectivity index (χ0v) is 17.4. The smallest absolute Gasteiger partial charge is 0.136 e. The summed E-state index contributed by atoms with van der Waals surface area (Å²) < 4.78 is 5.20. The number of rotatable bonds is 13. The van der Waals surface area contributed by atoms with Crippen molar-refractivity contribution < 1.29 is 14.6 Å². The van der Waals surface area contributed by atoms with Gasteiger partial charge in [-0.3, -0.25) is 4.79 Å². The Morgan fingerprint density at radius 2 is 2.11 bits per heavy atom. The monoisotopic (exact) mass is 390 g/mol. The van der Waals surface area contributed by atoms with Gasteiger partial charge in [0.05, 0.1) is 6.61 Å². The highest BCUT2D eigenvalue weighted by Gasteiger charge is 2.32. The number of ether oxygens (including phenoxy) is 1. The largest absolute Gasteiger partial charge is 0.396 e. The SMILES string of the molecule is COCc1cccc(CC/C=C/[C@H]2CCC(=O)[C@@H]2CCSCCCCO)c1. The van der Waals surface area contributed by atoms with Gasteiger partial charge in [-0.15, -0.1) is 0 Å². The number of ketones is 1. The maximum atomic E-state index is 12.2. The van der Waals surface area contributed by atoms with Gasteiger partial charge < -0.3 is 9.84 Å². The fourth-order valence-corrected chi connectivity index (χ4v) is 4.76. The fourth-order valence-electron chi connectivity index (χ4n) is 3.73. The standard InChI is InChI=1S/C23H34O3S/c1-26-18-20-9-6-8-19(17-20)7-2-3-10-21-11-12-23(25)22(21)13-16-27-15-5-4-14-24/h3,6,8-10,17,21-22,24H,2,4-5,7,11-16,18H2,1H3/b10-3+/t21-,22+/m0/s1. The molecule has 1 aliphatic carbocycles. The van der Waals surface area contributed by atoms with E-state index in [1.807, 2.05) is 11.8 Å². The van der Waals surface area contributed by atoms with Gasteiger partial charge in [-0.2, -0.15) is 11.8 Å². The molecule has 1 aromatic carbocycles. The molecule has 1 fully saturated rings. The van der Waals surface area contributed by atoms with Crippen LogP contribution < -0.4 is 0 Å². The normalized spacial score (nSPS) is 20.0. The molecule has 1 aliphatic rings. The van der Waals surface area contributed by atoms with Crippen LogP contribution in [0.25, 0.3) is 0 Å². The molecule has 0 aromatic heterocycles. The summed E-state index contributed by atoms with van der Waals surface area (Å²) in [5.41, 5.74) is 2.56. The van der Waals surface area contributed by atoms with E-state index in [-0.39, 0.29) is 12.5 Å². The Morgan fingerprint density at radius 3 is 2.93 bits per heavy atom. The lowest BCUT2D eigenvalue weighted by atomic mass is 9.92. The molecule has 1 aromatic rings. The van der Waals surface area contributed by atoms with Crippen molar-refractivity contribution in [3.63, 3.8) is 0 Å². The van der Waals surface area contributed by atoms with E-state index >= 15 is 0 Å². The van der Waals surface area contributed by atoms with Gasteiger partial charge in [0.15, 0.2) is 0 Å². The molecule has 4 heteroatoms. The third-order valence-electron chi connectivity index (χ3n) is 5.21. The molecule has 0 aliphatic heterocycles. The highest BCUT2D eigenvalue weighted by Crippen LogP contribution is 2.33. The topological polar surface area (TPSA) is 46.5 Å². The number of aliphatic hydroxyl groups is 1. The molecule has 0 amide bonds. The predicted octanol–water partition coefficient (Wildman–Crippen LogP) is 4.81. The maximum Gasteiger partial charge on any atom is 0.136 e. The van der Waals surface area contributed by atoms with Crippen LogP contribution in [0.5, 0.6) is 0 Å². The third-order valence-corrected chi connectivity index (χ3v) is 6.31. The van der Waals surface area contributed by atoms with Gasteiger partial charge in [-0.1, -0.05) is 36.4 Å². The van der Waals surface area contributed by atoms with Crippen molar-refractivity contribution in [2.24, 2.45) is 11.8 Å². The van der Waals surface area contributed by atoms with E-state index in [0.29, 0.717) is 18.3 Å². The summed E-state index contributed by atoms with van der Waals surface area (Å²) >= 11 is 1.92. The number of aliphatic hydroxyl groups excluding tert-OH is 1. The number of unbranched alkanes of at least 4 members (excludes halogenated alkanes) is 1. The van der Waals surface area contributed by atoms with Gasteiger partial charge >= 0.3 is 0 Å². The lowest BCUT2D eigenvalue weighted by molar-refractivity contribution is -0.121. The summed E-state index contributed by atoms with van der Waals surface area (Å²) in [5.74, 6) is 3.24. The lowest BCUT2D eigenvalue weighted by Crippen LogP contribution is -2.14. The van der Waals surface area contributed by atoms with Crippen LogP contribution in [-0.4, -0.2) is 36.1 Å². The molecule has 0 bridgehead atoms. The van der Waals surface area contributed by atoms with Gasteiger partial charge in [0, 0.05) is 26.1 Å². The molecule has 27 heavy (non-hydrogen) atoms. The first-order valence-electron chi connectivity index (χ1n) is 10.2. The number of allylic oxidation sites excluding steroid dienone is 2. The summed E-state index contributed by atoms with van der Waals surface area (Å²) in [6.45, 7) is 0.943. The number of hydrogen-bond donors (Lipinski definition) is 1. The third kappa shape index (κ3) is 8.20. The van der Waals surface area contributed by atoms with Crippen molar-refractivity contribution in [2.75, 3.05) is 25.2 Å². The molecule has 0 heterocycles. The molecule has 2 rings (SSSR count). The fraction of sp³-hybridized carbons (Fsp3) is 0.609. The molecule has 150 valence electrons. The van der Waals surface area contributed by atoms with Crippen molar-refractivity contribution in [3.8, 4) is 0 Å². The highest BCUT2D eigenvalue weighted by molar-refractivity contribution is 7.99. The summed E-state index contributed by atoms with van der Waals surface area (Å²) in [5, 5.41) is 8.81. The van der Waals surface area contributed by atoms with Gasteiger partial charge in [0.25, 0.3) is 0 Å². The predicted molar refractivity (Wildman–Crippen MR) is 114 cm³/mol. The van der Waals surface area contributed by atoms with Crippen molar-refractivity contribution in [1.82, 2.24) is 0 Å². The van der Waals surface area contributed by atoms with Crippen LogP contribution in [0.15, 0.2) is 36.4 Å². The number of carbonyl (C=O) groups excluding carboxylic acids is 1. The Morgan fingerprint density at radius 1 is 1.26 bits per heavy atom. The van der Waals surface area contributed by atoms with E-state index in [9.17, 15) is 4.79 Å². The van der Waals surface area contributed by atoms with Gasteiger partial charge in [-0.05, 0) is 67.1 Å². The van der Waals surface area contributed by atoms with E-state index in [0.717, 1.165) is 56.5 Å². The molecule has 3 nitrogen and oxygen atoms in total. The molecule has 0 saturated heterocycles. The van der Waals surface area contributed by atoms with E-state index < -0.39 is 0 Å². The Hall–Kier alpha value is -1.10. The number of methoxy groups -OCH3 is 1. The van der Waals surface area contributed by atoms with Crippen molar-refractivity contribution in [1.29, 1.82) is 0 Å². The van der Waals surface area contributed by atoms with E-state index in [1.165, 1.54) is 11.1 Å². The molecule has 1 N–H and O–H groups in total. The number of Topliss-reactive ketones (excluding diaryl/α,β-unsaturated/α-hetero) is 1. The minimum absolute atomic E-state index is 0.219. The van der Waals surface area contributed by atoms with Crippen LogP contribution in [0.2, 0.25) is 0 Å². The minimum atomic E-state index is 0.219. The van der Waals surface area contributed by atoms with Crippen LogP contribution in [-0.2, 0) is 22.6 Å². The first kappa shape index (κ1) is 22.2. The van der Waals surface area contributed by atoms with Gasteiger partial charge in [0.2, 0.25) is 0 Å². The molecular formula is C23H34O3S. The second-order valence-electron chi connectivity index (χ2n) is 7.33. The van der Waals surface area contributed by atoms with Gasteiger partial charge in [-0.25, -0.2) is 0 Å². The molecule has 1 saturated carbocycles. The van der Waals surface area contributed by atoms with Crippen LogP contribution in [0, 0.1) is 11.8 Å². The number of aryl methyl sites for hydroxylation is 1. The minimum Gasteiger partial charge on any atom is -0.396 e. The number of carbonyl (C=O) groups is 1. The zero-order chi connectivity index (χ0) is 19.3. The molecule has 0 spiro atoms. The molecular weight excluding hydrogens is 356 g/mol. The second-order valence-corrected chi connectivity index (χ2v) is 8.55. The first-order chi connectivity index (χ1) is 13.2. The Balaban J connectivity index is 1.72. The average molecular weight is 391 g/mol. The van der Waals surface area contributed by atoms with Crippen LogP contribution >= 0.6 is 11.8 Å². The number of thioether (sulfide) groups is 1. The van der Waals surface area contributed by atoms with Crippen LogP contribution in [0.1, 0.15) is 49.7 Å². The molecule has 2 atom stereocenters. The Kier molecular flexibility index (Phi) is 10.8. The maximum absolute atomic E-state index is 12.2.